The molecule has 0 atom stereocenters. The number of nitrogens with zero attached hydrogens (tertiary/aromatic N) is 1. The monoisotopic (exact) mass is 276 g/mol. The first-order valence-electron chi connectivity index (χ1n) is 5.60. The van der Waals surface area contributed by atoms with Gasteiger partial charge in [0.25, 0.3) is 0 Å². The summed E-state index contributed by atoms with van der Waals surface area (Å²) in [5.74, 6) is 0.546. The van der Waals surface area contributed by atoms with Gasteiger partial charge in [0.2, 0.25) is 10.0 Å². The van der Waals surface area contributed by atoms with Crippen molar-refractivity contribution in [3.63, 3.8) is 0 Å². The van der Waals surface area contributed by atoms with Gasteiger partial charge in [-0.15, -0.1) is 0 Å². The molecule has 1 N–H and O–H groups in total. The average molecular weight is 276 g/mol. The van der Waals surface area contributed by atoms with E-state index in [-0.39, 0.29) is 17.9 Å². The molecule has 0 aliphatic heterocycles. The molecule has 0 saturated carbocycles. The second-order valence-electron chi connectivity index (χ2n) is 3.88. The summed E-state index contributed by atoms with van der Waals surface area (Å²) in [6.45, 7) is 0.106. The summed E-state index contributed by atoms with van der Waals surface area (Å²) in [6, 6.07) is 11.6. The number of furan rings is 1. The minimum atomic E-state index is -3.56. The van der Waals surface area contributed by atoms with Crippen molar-refractivity contribution < 1.29 is 12.8 Å². The van der Waals surface area contributed by atoms with Crippen molar-refractivity contribution in [1.29, 1.82) is 5.26 Å². The van der Waals surface area contributed by atoms with Crippen LogP contribution in [0, 0.1) is 11.3 Å². The van der Waals surface area contributed by atoms with Crippen molar-refractivity contribution in [3.8, 4) is 6.07 Å². The molecule has 2 rings (SSSR count). The zero-order valence-corrected chi connectivity index (χ0v) is 10.9. The number of benzene rings is 1. The van der Waals surface area contributed by atoms with Crippen molar-refractivity contribution in [3.05, 3.63) is 54.0 Å². The summed E-state index contributed by atoms with van der Waals surface area (Å²) in [5.41, 5.74) is 0.785. The highest BCUT2D eigenvalue weighted by molar-refractivity contribution is 7.89. The SMILES string of the molecule is N#CCc1ccc(S(=O)(=O)NCc2ccco2)cc1. The first kappa shape index (κ1) is 13.3. The zero-order valence-electron chi connectivity index (χ0n) is 10.0. The molecule has 6 heteroatoms. The van der Waals surface area contributed by atoms with Crippen LogP contribution in [0.5, 0.6) is 0 Å². The molecule has 0 saturated heterocycles. The normalized spacial score (nSPS) is 11.1. The molecule has 1 aromatic carbocycles. The van der Waals surface area contributed by atoms with Crippen LogP contribution in [-0.4, -0.2) is 8.42 Å². The first-order chi connectivity index (χ1) is 9.12. The highest BCUT2D eigenvalue weighted by atomic mass is 32.2. The minimum Gasteiger partial charge on any atom is -0.468 e. The maximum atomic E-state index is 12.0. The van der Waals surface area contributed by atoms with E-state index >= 15 is 0 Å². The second-order valence-corrected chi connectivity index (χ2v) is 5.65. The van der Waals surface area contributed by atoms with Gasteiger partial charge in [-0.3, -0.25) is 0 Å². The molecule has 5 nitrogen and oxygen atoms in total. The third-order valence-corrected chi connectivity index (χ3v) is 3.95. The van der Waals surface area contributed by atoms with Gasteiger partial charge in [-0.1, -0.05) is 12.1 Å². The third-order valence-electron chi connectivity index (χ3n) is 2.53. The molecule has 0 aliphatic rings. The molecule has 0 radical (unpaired) electrons. The highest BCUT2D eigenvalue weighted by Crippen LogP contribution is 2.11. The average Bonchev–Trinajstić information content (AvgIpc) is 2.91. The van der Waals surface area contributed by atoms with E-state index in [0.29, 0.717) is 5.76 Å². The van der Waals surface area contributed by atoms with Gasteiger partial charge in [-0.05, 0) is 29.8 Å². The quantitative estimate of drug-likeness (QED) is 0.903. The topological polar surface area (TPSA) is 83.1 Å². The number of nitrogens with one attached hydrogen (secondary N) is 1. The number of sulfonamides is 1. The van der Waals surface area contributed by atoms with Crippen LogP contribution in [0.2, 0.25) is 0 Å². The summed E-state index contributed by atoms with van der Waals surface area (Å²) in [4.78, 5) is 0.167. The molecular formula is C13H12N2O3S. The van der Waals surface area contributed by atoms with Crippen molar-refractivity contribution in [2.45, 2.75) is 17.9 Å². The number of nitriles is 1. The largest absolute Gasteiger partial charge is 0.468 e. The predicted octanol–water partition coefficient (Wildman–Crippen LogP) is 1.82. The Balaban J connectivity index is 2.09. The summed E-state index contributed by atoms with van der Waals surface area (Å²) in [6.07, 6.45) is 1.75. The Labute approximate surface area is 111 Å². The lowest BCUT2D eigenvalue weighted by Gasteiger charge is -2.05. The lowest BCUT2D eigenvalue weighted by Crippen LogP contribution is -2.22. The van der Waals surface area contributed by atoms with Crippen molar-refractivity contribution in [2.24, 2.45) is 0 Å². The van der Waals surface area contributed by atoms with Crippen LogP contribution in [0.4, 0.5) is 0 Å². The number of rotatable bonds is 5. The van der Waals surface area contributed by atoms with Crippen LogP contribution in [0.25, 0.3) is 0 Å². The Morgan fingerprint density at radius 3 is 2.53 bits per heavy atom. The molecule has 19 heavy (non-hydrogen) atoms. The van der Waals surface area contributed by atoms with Gasteiger partial charge >= 0.3 is 0 Å². The van der Waals surface area contributed by atoms with Crippen LogP contribution in [0.15, 0.2) is 52.0 Å². The molecular weight excluding hydrogens is 264 g/mol. The Morgan fingerprint density at radius 1 is 1.21 bits per heavy atom. The van der Waals surface area contributed by atoms with E-state index in [1.807, 2.05) is 6.07 Å². The van der Waals surface area contributed by atoms with Crippen LogP contribution < -0.4 is 4.72 Å². The fraction of sp³-hybridized carbons (Fsp3) is 0.154. The van der Waals surface area contributed by atoms with E-state index in [4.69, 9.17) is 9.68 Å². The standard InChI is InChI=1S/C13H12N2O3S/c14-8-7-11-3-5-13(6-4-11)19(16,17)15-10-12-2-1-9-18-12/h1-6,9,15H,7,10H2. The van der Waals surface area contributed by atoms with Crippen molar-refractivity contribution >= 4 is 10.0 Å². The predicted molar refractivity (Wildman–Crippen MR) is 68.5 cm³/mol. The fourth-order valence-electron chi connectivity index (χ4n) is 1.54. The van der Waals surface area contributed by atoms with Crippen LogP contribution in [0.1, 0.15) is 11.3 Å². The minimum absolute atomic E-state index is 0.106. The molecule has 0 unspecified atom stereocenters. The van der Waals surface area contributed by atoms with E-state index in [0.717, 1.165) is 5.56 Å². The second kappa shape index (κ2) is 5.69. The van der Waals surface area contributed by atoms with E-state index in [2.05, 4.69) is 4.72 Å². The number of hydrogen-bond acceptors (Lipinski definition) is 4. The molecule has 98 valence electrons. The van der Waals surface area contributed by atoms with Crippen LogP contribution in [0.3, 0.4) is 0 Å². The van der Waals surface area contributed by atoms with E-state index in [1.54, 1.807) is 24.3 Å². The van der Waals surface area contributed by atoms with E-state index < -0.39 is 10.0 Å². The van der Waals surface area contributed by atoms with Gasteiger partial charge < -0.3 is 4.42 Å². The molecule has 0 amide bonds. The van der Waals surface area contributed by atoms with Gasteiger partial charge in [-0.2, -0.15) is 5.26 Å². The fourth-order valence-corrected chi connectivity index (χ4v) is 2.53. The molecule has 1 heterocycles. The maximum Gasteiger partial charge on any atom is 0.240 e. The molecule has 2 aromatic rings. The summed E-state index contributed by atoms with van der Waals surface area (Å²) >= 11 is 0. The van der Waals surface area contributed by atoms with Gasteiger partial charge in [0.15, 0.2) is 0 Å². The lowest BCUT2D eigenvalue weighted by molar-refractivity contribution is 0.498. The third kappa shape index (κ3) is 3.44. The number of hydrogen-bond donors (Lipinski definition) is 1. The Kier molecular flexibility index (Phi) is 4.00. The molecule has 1 aromatic heterocycles. The van der Waals surface area contributed by atoms with Crippen LogP contribution >= 0.6 is 0 Å². The van der Waals surface area contributed by atoms with Gasteiger partial charge in [0.1, 0.15) is 5.76 Å². The Hall–Kier alpha value is -2.10. The summed E-state index contributed by atoms with van der Waals surface area (Å²) < 4.78 is 31.5. The summed E-state index contributed by atoms with van der Waals surface area (Å²) in [7, 11) is -3.56. The van der Waals surface area contributed by atoms with Crippen molar-refractivity contribution in [1.82, 2.24) is 4.72 Å². The maximum absolute atomic E-state index is 12.0. The highest BCUT2D eigenvalue weighted by Gasteiger charge is 2.13. The molecule has 0 aliphatic carbocycles. The first-order valence-corrected chi connectivity index (χ1v) is 7.08. The Morgan fingerprint density at radius 2 is 1.95 bits per heavy atom. The smallest absolute Gasteiger partial charge is 0.240 e. The van der Waals surface area contributed by atoms with Crippen LogP contribution in [-0.2, 0) is 23.0 Å². The Bertz CT molecular complexity index is 668. The summed E-state index contributed by atoms with van der Waals surface area (Å²) in [5, 5.41) is 8.55. The molecule has 0 spiro atoms. The molecule has 0 bridgehead atoms. The van der Waals surface area contributed by atoms with Gasteiger partial charge in [0.05, 0.1) is 30.2 Å². The lowest BCUT2D eigenvalue weighted by atomic mass is 10.2. The van der Waals surface area contributed by atoms with Gasteiger partial charge in [0, 0.05) is 0 Å². The van der Waals surface area contributed by atoms with E-state index in [9.17, 15) is 8.42 Å². The molecule has 0 fully saturated rings. The zero-order chi connectivity index (χ0) is 13.7. The van der Waals surface area contributed by atoms with Gasteiger partial charge in [-0.25, -0.2) is 13.1 Å². The van der Waals surface area contributed by atoms with Crippen molar-refractivity contribution in [2.75, 3.05) is 0 Å². The van der Waals surface area contributed by atoms with E-state index in [1.165, 1.54) is 18.4 Å².